The summed E-state index contributed by atoms with van der Waals surface area (Å²) in [4.78, 5) is 0. The Bertz CT molecular complexity index is 151. The number of rotatable bonds is 8. The SMILES string of the molecule is CCN([SiH](CC)CC)[Si](CC)(CC)CC.[LiH]. The molecule has 0 spiro atoms. The van der Waals surface area contributed by atoms with Gasteiger partial charge in [0.1, 0.15) is 17.2 Å². The standard InChI is InChI=1S/C12H31NSi2.Li.H/c1-7-13(14(8-2)9-3)15(10-4,11-5)12-6;;/h14H,7-12H2,1-6H3;;. The summed E-state index contributed by atoms with van der Waals surface area (Å²) in [5.74, 6) is 0. The molecule has 0 fully saturated rings. The molecule has 0 saturated carbocycles. The fraction of sp³-hybridized carbons (Fsp3) is 1.00. The molecular formula is C12H32LiNSi2. The van der Waals surface area contributed by atoms with E-state index in [-0.39, 0.29) is 18.9 Å². The van der Waals surface area contributed by atoms with Gasteiger partial charge in [-0.1, -0.05) is 53.6 Å². The van der Waals surface area contributed by atoms with Crippen molar-refractivity contribution in [3.05, 3.63) is 0 Å². The molecule has 0 atom stereocenters. The zero-order chi connectivity index (χ0) is 11.9. The van der Waals surface area contributed by atoms with Crippen LogP contribution in [0.4, 0.5) is 0 Å². The molecule has 0 bridgehead atoms. The van der Waals surface area contributed by atoms with Gasteiger partial charge in [0.2, 0.25) is 0 Å². The first-order valence-electron chi connectivity index (χ1n) is 6.92. The van der Waals surface area contributed by atoms with Crippen LogP contribution in [0.15, 0.2) is 0 Å². The van der Waals surface area contributed by atoms with Crippen molar-refractivity contribution in [3.63, 3.8) is 0 Å². The molecule has 0 radical (unpaired) electrons. The van der Waals surface area contributed by atoms with Gasteiger partial charge in [0, 0.05) is 0 Å². The molecule has 1 nitrogen and oxygen atoms in total. The van der Waals surface area contributed by atoms with Gasteiger partial charge >= 0.3 is 18.9 Å². The van der Waals surface area contributed by atoms with E-state index in [0.717, 1.165) is 0 Å². The fourth-order valence-corrected chi connectivity index (χ4v) is 14.3. The third-order valence-corrected chi connectivity index (χ3v) is 15.7. The molecule has 94 valence electrons. The molecule has 0 aromatic heterocycles. The first-order chi connectivity index (χ1) is 7.15. The third-order valence-electron chi connectivity index (χ3n) is 4.31. The Morgan fingerprint density at radius 2 is 1.19 bits per heavy atom. The molecule has 0 saturated heterocycles. The maximum atomic E-state index is 3.03. The van der Waals surface area contributed by atoms with Crippen molar-refractivity contribution in [2.75, 3.05) is 6.54 Å². The summed E-state index contributed by atoms with van der Waals surface area (Å²) in [6.45, 7) is 15.8. The molecule has 0 amide bonds. The second-order valence-electron chi connectivity index (χ2n) is 4.54. The normalized spacial score (nSPS) is 12.0. The van der Waals surface area contributed by atoms with E-state index >= 15 is 0 Å². The summed E-state index contributed by atoms with van der Waals surface area (Å²) in [5.41, 5.74) is 0. The van der Waals surface area contributed by atoms with Gasteiger partial charge in [-0.05, 0) is 24.7 Å². The van der Waals surface area contributed by atoms with Crippen LogP contribution in [0.1, 0.15) is 41.5 Å². The molecule has 0 aliphatic carbocycles. The zero-order valence-electron chi connectivity index (χ0n) is 11.8. The minimum atomic E-state index is -1.06. The first kappa shape index (κ1) is 19.3. The Balaban J connectivity index is 0. The van der Waals surface area contributed by atoms with E-state index < -0.39 is 17.2 Å². The average Bonchev–Trinajstić information content (AvgIpc) is 2.30. The fourth-order valence-electron chi connectivity index (χ4n) is 3.07. The van der Waals surface area contributed by atoms with Gasteiger partial charge in [0.25, 0.3) is 0 Å². The molecule has 0 aromatic carbocycles. The van der Waals surface area contributed by atoms with Crippen LogP contribution < -0.4 is 0 Å². The van der Waals surface area contributed by atoms with E-state index in [1.807, 2.05) is 0 Å². The van der Waals surface area contributed by atoms with Gasteiger partial charge in [-0.3, -0.25) is 0 Å². The van der Waals surface area contributed by atoms with Gasteiger partial charge in [0.15, 0.2) is 0 Å². The Hall–Kier alpha value is 0.991. The van der Waals surface area contributed by atoms with Crippen molar-refractivity contribution < 1.29 is 0 Å². The Labute approximate surface area is 118 Å². The molecule has 0 unspecified atom stereocenters. The second-order valence-corrected chi connectivity index (χ2v) is 13.8. The van der Waals surface area contributed by atoms with Crippen molar-refractivity contribution in [2.45, 2.75) is 71.8 Å². The predicted octanol–water partition coefficient (Wildman–Crippen LogP) is 3.43. The molecule has 0 rings (SSSR count). The Kier molecular flexibility index (Phi) is 12.0. The molecule has 0 aliphatic rings. The van der Waals surface area contributed by atoms with Crippen LogP contribution in [-0.4, -0.2) is 46.8 Å². The molecule has 0 N–H and O–H groups in total. The van der Waals surface area contributed by atoms with Crippen molar-refractivity contribution in [2.24, 2.45) is 0 Å². The Morgan fingerprint density at radius 1 is 0.812 bits per heavy atom. The van der Waals surface area contributed by atoms with Crippen molar-refractivity contribution in [1.29, 1.82) is 0 Å². The number of hydrogen-bond acceptors (Lipinski definition) is 1. The summed E-state index contributed by atoms with van der Waals surface area (Å²) in [7, 11) is -1.65. The molecule has 4 heteroatoms. The monoisotopic (exact) mass is 253 g/mol. The summed E-state index contributed by atoms with van der Waals surface area (Å²) < 4.78 is 3.03. The van der Waals surface area contributed by atoms with Crippen LogP contribution in [0.2, 0.25) is 30.2 Å². The predicted molar refractivity (Wildman–Crippen MR) is 84.8 cm³/mol. The van der Waals surface area contributed by atoms with Crippen molar-refractivity contribution >= 4 is 36.1 Å². The average molecular weight is 254 g/mol. The van der Waals surface area contributed by atoms with E-state index in [0.29, 0.717) is 0 Å². The van der Waals surface area contributed by atoms with Crippen LogP contribution in [-0.2, 0) is 0 Å². The van der Waals surface area contributed by atoms with E-state index in [9.17, 15) is 0 Å². The van der Waals surface area contributed by atoms with Crippen molar-refractivity contribution in [3.8, 4) is 0 Å². The van der Waals surface area contributed by atoms with E-state index in [1.165, 1.54) is 36.8 Å². The zero-order valence-corrected chi connectivity index (χ0v) is 13.9. The topological polar surface area (TPSA) is 3.24 Å². The van der Waals surface area contributed by atoms with Crippen LogP contribution in [0.25, 0.3) is 0 Å². The minimum absolute atomic E-state index is 0. The third kappa shape index (κ3) is 4.34. The molecule has 0 heterocycles. The Morgan fingerprint density at radius 3 is 1.38 bits per heavy atom. The number of hydrogen-bond donors (Lipinski definition) is 0. The van der Waals surface area contributed by atoms with Crippen LogP contribution in [0.3, 0.4) is 0 Å². The molecule has 0 aromatic rings. The molecule has 0 aliphatic heterocycles. The van der Waals surface area contributed by atoms with E-state index in [1.54, 1.807) is 0 Å². The summed E-state index contributed by atoms with van der Waals surface area (Å²) >= 11 is 0. The number of nitrogens with zero attached hydrogens (tertiary/aromatic N) is 1. The van der Waals surface area contributed by atoms with Crippen LogP contribution in [0, 0.1) is 0 Å². The van der Waals surface area contributed by atoms with Crippen LogP contribution in [0.5, 0.6) is 0 Å². The van der Waals surface area contributed by atoms with E-state index in [2.05, 4.69) is 45.8 Å². The van der Waals surface area contributed by atoms with Gasteiger partial charge in [-0.25, -0.2) is 0 Å². The van der Waals surface area contributed by atoms with Gasteiger partial charge in [-0.2, -0.15) is 0 Å². The van der Waals surface area contributed by atoms with Crippen molar-refractivity contribution in [1.82, 2.24) is 4.23 Å². The van der Waals surface area contributed by atoms with Gasteiger partial charge < -0.3 is 4.23 Å². The molecular weight excluding hydrogens is 221 g/mol. The summed E-state index contributed by atoms with van der Waals surface area (Å²) in [6, 6.07) is 7.28. The summed E-state index contributed by atoms with van der Waals surface area (Å²) in [5, 5.41) is 0. The van der Waals surface area contributed by atoms with Gasteiger partial charge in [0.05, 0.1) is 0 Å². The van der Waals surface area contributed by atoms with E-state index in [4.69, 9.17) is 0 Å². The van der Waals surface area contributed by atoms with Crippen LogP contribution >= 0.6 is 0 Å². The maximum absolute atomic E-state index is 3.03. The molecule has 16 heavy (non-hydrogen) atoms. The van der Waals surface area contributed by atoms with Gasteiger partial charge in [-0.15, -0.1) is 0 Å². The quantitative estimate of drug-likeness (QED) is 0.599. The second kappa shape index (κ2) is 9.96. The first-order valence-corrected chi connectivity index (χ1v) is 11.6. The summed E-state index contributed by atoms with van der Waals surface area (Å²) in [6.07, 6.45) is 0.